The zero-order chi connectivity index (χ0) is 7.40. The molecule has 0 bridgehead atoms. The standard InChI is InChI=1S/C8H12P2/c1-7(9)10-8-5-3-2-4-6-8/h2-7,10H,9H2,1H3. The molecule has 0 amide bonds. The smallest absolute Gasteiger partial charge is 0.00775 e. The number of rotatable bonds is 2. The topological polar surface area (TPSA) is 0 Å². The van der Waals surface area contributed by atoms with Gasteiger partial charge in [0, 0.05) is 0 Å². The highest BCUT2D eigenvalue weighted by Crippen LogP contribution is 2.22. The lowest BCUT2D eigenvalue weighted by molar-refractivity contribution is 1.42. The summed E-state index contributed by atoms with van der Waals surface area (Å²) in [6.07, 6.45) is 0. The van der Waals surface area contributed by atoms with E-state index in [2.05, 4.69) is 46.5 Å². The van der Waals surface area contributed by atoms with Crippen molar-refractivity contribution in [1.29, 1.82) is 0 Å². The number of hydrogen-bond acceptors (Lipinski definition) is 0. The van der Waals surface area contributed by atoms with Crippen LogP contribution in [0.5, 0.6) is 0 Å². The van der Waals surface area contributed by atoms with E-state index in [1.165, 1.54) is 5.30 Å². The molecule has 0 aliphatic rings. The molecule has 3 atom stereocenters. The second-order valence-electron chi connectivity index (χ2n) is 2.30. The summed E-state index contributed by atoms with van der Waals surface area (Å²) in [4.78, 5) is 0. The molecule has 0 saturated carbocycles. The zero-order valence-electron chi connectivity index (χ0n) is 6.04. The summed E-state index contributed by atoms with van der Waals surface area (Å²) in [5.74, 6) is 0. The maximum Gasteiger partial charge on any atom is -0.00775 e. The summed E-state index contributed by atoms with van der Waals surface area (Å²) in [5, 5.41) is 2.16. The SMILES string of the molecule is CC(P)Pc1ccccc1. The van der Waals surface area contributed by atoms with Crippen molar-refractivity contribution >= 4 is 23.1 Å². The molecule has 1 rings (SSSR count). The normalized spacial score (nSPS) is 14.2. The minimum atomic E-state index is 0.711. The van der Waals surface area contributed by atoms with Crippen LogP contribution >= 0.6 is 17.8 Å². The molecular formula is C8H12P2. The molecule has 0 spiro atoms. The van der Waals surface area contributed by atoms with E-state index < -0.39 is 0 Å². The van der Waals surface area contributed by atoms with Crippen LogP contribution in [-0.2, 0) is 0 Å². The minimum absolute atomic E-state index is 0.711. The monoisotopic (exact) mass is 170 g/mol. The van der Waals surface area contributed by atoms with Crippen molar-refractivity contribution in [2.75, 3.05) is 0 Å². The highest BCUT2D eigenvalue weighted by Gasteiger charge is 1.93. The summed E-state index contributed by atoms with van der Waals surface area (Å²) in [6.45, 7) is 2.22. The third-order valence-electron chi connectivity index (χ3n) is 1.17. The van der Waals surface area contributed by atoms with E-state index in [0.29, 0.717) is 5.40 Å². The molecule has 0 nitrogen and oxygen atoms in total. The molecule has 3 unspecified atom stereocenters. The fraction of sp³-hybridized carbons (Fsp3) is 0.250. The van der Waals surface area contributed by atoms with Gasteiger partial charge in [-0.3, -0.25) is 0 Å². The van der Waals surface area contributed by atoms with E-state index >= 15 is 0 Å². The first-order chi connectivity index (χ1) is 4.79. The van der Waals surface area contributed by atoms with Crippen LogP contribution in [0.1, 0.15) is 6.92 Å². The van der Waals surface area contributed by atoms with Gasteiger partial charge in [-0.15, -0.1) is 9.24 Å². The van der Waals surface area contributed by atoms with Gasteiger partial charge in [-0.1, -0.05) is 45.8 Å². The van der Waals surface area contributed by atoms with E-state index in [9.17, 15) is 0 Å². The van der Waals surface area contributed by atoms with Crippen LogP contribution in [0.25, 0.3) is 0 Å². The first-order valence-corrected chi connectivity index (χ1v) is 5.10. The second kappa shape index (κ2) is 4.06. The molecule has 1 aromatic rings. The van der Waals surface area contributed by atoms with Crippen molar-refractivity contribution in [3.63, 3.8) is 0 Å². The van der Waals surface area contributed by atoms with E-state index in [1.807, 2.05) is 0 Å². The zero-order valence-corrected chi connectivity index (χ0v) is 8.20. The van der Waals surface area contributed by atoms with Crippen LogP contribution in [0.2, 0.25) is 0 Å². The summed E-state index contributed by atoms with van der Waals surface area (Å²) in [6, 6.07) is 10.6. The lowest BCUT2D eigenvalue weighted by Crippen LogP contribution is -1.94. The lowest BCUT2D eigenvalue weighted by atomic mass is 10.4. The fourth-order valence-electron chi connectivity index (χ4n) is 0.797. The average Bonchev–Trinajstić information content (AvgIpc) is 1.88. The van der Waals surface area contributed by atoms with Crippen LogP contribution in [0.4, 0.5) is 0 Å². The third kappa shape index (κ3) is 2.78. The van der Waals surface area contributed by atoms with Gasteiger partial charge in [0.05, 0.1) is 0 Å². The molecule has 0 aromatic heterocycles. The Kier molecular flexibility index (Phi) is 3.32. The van der Waals surface area contributed by atoms with Gasteiger partial charge in [0.1, 0.15) is 0 Å². The van der Waals surface area contributed by atoms with E-state index in [4.69, 9.17) is 0 Å². The van der Waals surface area contributed by atoms with Crippen LogP contribution in [0.15, 0.2) is 30.3 Å². The summed E-state index contributed by atoms with van der Waals surface area (Å²) >= 11 is 0. The molecule has 0 heterocycles. The second-order valence-corrected chi connectivity index (χ2v) is 5.74. The average molecular weight is 170 g/mol. The molecule has 0 aliphatic carbocycles. The van der Waals surface area contributed by atoms with Gasteiger partial charge in [0.25, 0.3) is 0 Å². The Morgan fingerprint density at radius 2 is 1.90 bits per heavy atom. The molecule has 2 heteroatoms. The number of hydrogen-bond donors (Lipinski definition) is 0. The third-order valence-corrected chi connectivity index (χ3v) is 2.79. The fourth-order valence-corrected chi connectivity index (χ4v) is 2.29. The Morgan fingerprint density at radius 1 is 1.30 bits per heavy atom. The predicted octanol–water partition coefficient (Wildman–Crippen LogP) is 2.21. The van der Waals surface area contributed by atoms with Crippen molar-refractivity contribution in [3.8, 4) is 0 Å². The van der Waals surface area contributed by atoms with Gasteiger partial charge in [0.15, 0.2) is 0 Å². The summed E-state index contributed by atoms with van der Waals surface area (Å²) in [7, 11) is 3.74. The summed E-state index contributed by atoms with van der Waals surface area (Å²) < 4.78 is 0. The molecule has 54 valence electrons. The first kappa shape index (κ1) is 8.18. The van der Waals surface area contributed by atoms with Crippen molar-refractivity contribution < 1.29 is 0 Å². The highest BCUT2D eigenvalue weighted by atomic mass is 31.1. The van der Waals surface area contributed by atoms with Crippen molar-refractivity contribution in [3.05, 3.63) is 30.3 Å². The number of benzene rings is 1. The van der Waals surface area contributed by atoms with Gasteiger partial charge >= 0.3 is 0 Å². The Hall–Kier alpha value is 0.0800. The van der Waals surface area contributed by atoms with Crippen LogP contribution in [0.3, 0.4) is 0 Å². The lowest BCUT2D eigenvalue weighted by Gasteiger charge is -2.02. The van der Waals surface area contributed by atoms with Crippen LogP contribution in [0, 0.1) is 0 Å². The van der Waals surface area contributed by atoms with Gasteiger partial charge in [-0.25, -0.2) is 0 Å². The van der Waals surface area contributed by atoms with Crippen molar-refractivity contribution in [2.45, 2.75) is 12.3 Å². The Bertz CT molecular complexity index is 182. The largest absolute Gasteiger partial charge is 0.130 e. The minimum Gasteiger partial charge on any atom is -0.130 e. The maximum absolute atomic E-state index is 2.82. The molecule has 0 saturated heterocycles. The maximum atomic E-state index is 2.82. The Balaban J connectivity index is 2.59. The van der Waals surface area contributed by atoms with E-state index in [1.54, 1.807) is 0 Å². The van der Waals surface area contributed by atoms with E-state index in [-0.39, 0.29) is 0 Å². The first-order valence-electron chi connectivity index (χ1n) is 3.36. The molecule has 10 heavy (non-hydrogen) atoms. The van der Waals surface area contributed by atoms with Crippen molar-refractivity contribution in [2.24, 2.45) is 0 Å². The molecule has 0 N–H and O–H groups in total. The Morgan fingerprint density at radius 3 is 2.40 bits per heavy atom. The quantitative estimate of drug-likeness (QED) is 0.597. The van der Waals surface area contributed by atoms with Gasteiger partial charge in [-0.05, 0) is 10.7 Å². The summed E-state index contributed by atoms with van der Waals surface area (Å²) in [5.41, 5.74) is 0. The van der Waals surface area contributed by atoms with E-state index in [0.717, 1.165) is 8.58 Å². The Labute approximate surface area is 66.4 Å². The van der Waals surface area contributed by atoms with Crippen molar-refractivity contribution in [1.82, 2.24) is 0 Å². The molecule has 1 aromatic carbocycles. The van der Waals surface area contributed by atoms with Gasteiger partial charge < -0.3 is 0 Å². The highest BCUT2D eigenvalue weighted by molar-refractivity contribution is 7.56. The van der Waals surface area contributed by atoms with Crippen LogP contribution in [-0.4, -0.2) is 5.40 Å². The molecular weight excluding hydrogens is 158 g/mol. The molecule has 0 radical (unpaired) electrons. The van der Waals surface area contributed by atoms with Gasteiger partial charge in [-0.2, -0.15) is 0 Å². The molecule has 0 aliphatic heterocycles. The predicted molar refractivity (Wildman–Crippen MR) is 53.6 cm³/mol. The molecule has 0 fully saturated rings. The van der Waals surface area contributed by atoms with Gasteiger partial charge in [0.2, 0.25) is 0 Å². The van der Waals surface area contributed by atoms with Crippen LogP contribution < -0.4 is 5.30 Å².